The molecule has 2 N–H and O–H groups in total. The molecule has 4 nitrogen and oxygen atoms in total. The zero-order valence-electron chi connectivity index (χ0n) is 19.9. The first-order valence-electron chi connectivity index (χ1n) is 13.1. The molecule has 0 unspecified atom stereocenters. The molecule has 0 saturated heterocycles. The molecule has 0 amide bonds. The molecule has 0 aliphatic heterocycles. The van der Waals surface area contributed by atoms with Crippen LogP contribution >= 0.6 is 0 Å². The molecule has 174 valence electrons. The first-order chi connectivity index (χ1) is 15.6. The molecule has 4 heteroatoms. The predicted molar refractivity (Wildman–Crippen MR) is 130 cm³/mol. The Labute approximate surface area is 193 Å². The Morgan fingerprint density at radius 2 is 1.00 bits per heavy atom. The van der Waals surface area contributed by atoms with Crippen molar-refractivity contribution in [2.24, 2.45) is 11.8 Å². The molecule has 4 aliphatic carbocycles. The van der Waals surface area contributed by atoms with Crippen molar-refractivity contribution in [1.29, 1.82) is 0 Å². The van der Waals surface area contributed by atoms with Crippen molar-refractivity contribution in [2.45, 2.75) is 103 Å². The summed E-state index contributed by atoms with van der Waals surface area (Å²) in [5.74, 6) is 1.57. The lowest BCUT2D eigenvalue weighted by Gasteiger charge is -2.33. The number of allylic oxidation sites excluding steroid dienone is 6. The van der Waals surface area contributed by atoms with Crippen molar-refractivity contribution in [1.82, 2.24) is 10.6 Å². The van der Waals surface area contributed by atoms with Gasteiger partial charge in [0.2, 0.25) is 0 Å². The lowest BCUT2D eigenvalue weighted by Crippen LogP contribution is -2.37. The summed E-state index contributed by atoms with van der Waals surface area (Å²) in [4.78, 5) is 25.8. The summed E-state index contributed by atoms with van der Waals surface area (Å²) in [5.41, 5.74) is 2.80. The zero-order valence-corrected chi connectivity index (χ0v) is 19.9. The Morgan fingerprint density at radius 1 is 0.625 bits per heavy atom. The molecule has 0 aromatic rings. The molecule has 0 heterocycles. The van der Waals surface area contributed by atoms with Crippen molar-refractivity contribution in [3.05, 3.63) is 46.8 Å². The molecule has 0 radical (unpaired) electrons. The molecular formula is C28H40N2O2. The van der Waals surface area contributed by atoms with E-state index in [1.54, 1.807) is 12.2 Å². The molecule has 0 spiro atoms. The summed E-state index contributed by atoms with van der Waals surface area (Å²) >= 11 is 0. The first kappa shape index (κ1) is 23.1. The third-order valence-corrected chi connectivity index (χ3v) is 7.89. The number of rotatable bonds is 8. The maximum absolute atomic E-state index is 12.9. The minimum atomic E-state index is -0.0583. The quantitative estimate of drug-likeness (QED) is 0.515. The Bertz CT molecular complexity index is 761. The van der Waals surface area contributed by atoms with Crippen LogP contribution in [0, 0.1) is 11.8 Å². The van der Waals surface area contributed by atoms with Gasteiger partial charge in [0, 0.05) is 23.5 Å². The second-order valence-corrected chi connectivity index (χ2v) is 10.3. The van der Waals surface area contributed by atoms with Crippen LogP contribution in [0.2, 0.25) is 0 Å². The van der Waals surface area contributed by atoms with Crippen molar-refractivity contribution in [2.75, 3.05) is 0 Å². The fourth-order valence-corrected chi connectivity index (χ4v) is 6.12. The van der Waals surface area contributed by atoms with Gasteiger partial charge in [-0.1, -0.05) is 39.5 Å². The van der Waals surface area contributed by atoms with E-state index >= 15 is 0 Å². The number of ketones is 2. The summed E-state index contributed by atoms with van der Waals surface area (Å²) in [7, 11) is 0. The highest BCUT2D eigenvalue weighted by atomic mass is 16.1. The van der Waals surface area contributed by atoms with Crippen LogP contribution in [0.3, 0.4) is 0 Å². The van der Waals surface area contributed by atoms with Crippen LogP contribution in [0.25, 0.3) is 0 Å². The Hall–Kier alpha value is -2.10. The van der Waals surface area contributed by atoms with Crippen LogP contribution in [-0.4, -0.2) is 23.7 Å². The molecule has 32 heavy (non-hydrogen) atoms. The summed E-state index contributed by atoms with van der Waals surface area (Å²) < 4.78 is 0. The van der Waals surface area contributed by atoms with Gasteiger partial charge in [0.15, 0.2) is 11.6 Å². The molecule has 4 rings (SSSR count). The van der Waals surface area contributed by atoms with Gasteiger partial charge in [0.25, 0.3) is 0 Å². The monoisotopic (exact) mass is 436 g/mol. The molecule has 0 aromatic carbocycles. The van der Waals surface area contributed by atoms with Crippen molar-refractivity contribution in [3.8, 4) is 0 Å². The maximum Gasteiger partial charge on any atom is 0.188 e. The van der Waals surface area contributed by atoms with Gasteiger partial charge in [-0.15, -0.1) is 0 Å². The van der Waals surface area contributed by atoms with Crippen LogP contribution in [-0.2, 0) is 9.59 Å². The van der Waals surface area contributed by atoms with Crippen LogP contribution in [0.5, 0.6) is 0 Å². The number of hydrogen-bond acceptors (Lipinski definition) is 4. The van der Waals surface area contributed by atoms with E-state index < -0.39 is 0 Å². The smallest absolute Gasteiger partial charge is 0.188 e. The standard InChI is InChI=1S/C28H40N2O2/c1-3-5-19-7-11-21(12-8-19)29-23-15-17-26(32)28-24(16-18-25(31)27(23)28)30-22-13-9-20(6-4-2)10-14-22/h15-22,29-30H,3-14H2,1-2H3/t19-,20-,21-,22-. The Balaban J connectivity index is 1.48. The third-order valence-electron chi connectivity index (χ3n) is 7.89. The highest BCUT2D eigenvalue weighted by Crippen LogP contribution is 2.33. The van der Waals surface area contributed by atoms with Gasteiger partial charge in [-0.25, -0.2) is 0 Å². The van der Waals surface area contributed by atoms with E-state index in [0.29, 0.717) is 23.2 Å². The molecule has 4 aliphatic rings. The fourth-order valence-electron chi connectivity index (χ4n) is 6.12. The summed E-state index contributed by atoms with van der Waals surface area (Å²) in [6, 6.07) is 0.766. The van der Waals surface area contributed by atoms with E-state index in [2.05, 4.69) is 24.5 Å². The highest BCUT2D eigenvalue weighted by molar-refractivity contribution is 6.23. The van der Waals surface area contributed by atoms with Crippen LogP contribution in [0.15, 0.2) is 46.8 Å². The zero-order chi connectivity index (χ0) is 22.5. The van der Waals surface area contributed by atoms with Gasteiger partial charge in [-0.2, -0.15) is 0 Å². The average Bonchev–Trinajstić information content (AvgIpc) is 2.80. The predicted octanol–water partition coefficient (Wildman–Crippen LogP) is 5.67. The third kappa shape index (κ3) is 5.27. The van der Waals surface area contributed by atoms with E-state index in [1.807, 2.05) is 12.2 Å². The minimum Gasteiger partial charge on any atom is -0.382 e. The number of fused-ring (bicyclic) bond motifs is 1. The van der Waals surface area contributed by atoms with E-state index in [0.717, 1.165) is 48.9 Å². The molecular weight excluding hydrogens is 396 g/mol. The molecule has 2 fully saturated rings. The molecule has 0 bridgehead atoms. The summed E-state index contributed by atoms with van der Waals surface area (Å²) in [6.07, 6.45) is 21.6. The topological polar surface area (TPSA) is 58.2 Å². The number of hydrogen-bond donors (Lipinski definition) is 2. The van der Waals surface area contributed by atoms with E-state index in [-0.39, 0.29) is 11.6 Å². The molecule has 0 aromatic heterocycles. The van der Waals surface area contributed by atoms with Gasteiger partial charge in [-0.05, 0) is 87.5 Å². The van der Waals surface area contributed by atoms with Crippen LogP contribution in [0.4, 0.5) is 0 Å². The molecule has 0 atom stereocenters. The summed E-state index contributed by atoms with van der Waals surface area (Å²) in [5, 5.41) is 7.28. The highest BCUT2D eigenvalue weighted by Gasteiger charge is 2.32. The SMILES string of the molecule is CCC[C@H]1CC[C@H](NC2=C3C(=O)C=CC(N[C@H]4CC[C@H](CCC)CC4)=C3C(=O)C=C2)CC1. The summed E-state index contributed by atoms with van der Waals surface area (Å²) in [6.45, 7) is 4.53. The lowest BCUT2D eigenvalue weighted by molar-refractivity contribution is -0.114. The number of carbonyl (C=O) groups is 2. The van der Waals surface area contributed by atoms with E-state index in [9.17, 15) is 9.59 Å². The first-order valence-corrected chi connectivity index (χ1v) is 13.1. The van der Waals surface area contributed by atoms with E-state index in [1.165, 1.54) is 51.4 Å². The second-order valence-electron chi connectivity index (χ2n) is 10.3. The number of carbonyl (C=O) groups excluding carboxylic acids is 2. The largest absolute Gasteiger partial charge is 0.382 e. The maximum atomic E-state index is 12.9. The van der Waals surface area contributed by atoms with Crippen LogP contribution < -0.4 is 10.6 Å². The lowest BCUT2D eigenvalue weighted by atomic mass is 9.81. The minimum absolute atomic E-state index is 0.0583. The van der Waals surface area contributed by atoms with Gasteiger partial charge in [0.05, 0.1) is 11.1 Å². The van der Waals surface area contributed by atoms with Gasteiger partial charge in [0.1, 0.15) is 0 Å². The average molecular weight is 437 g/mol. The van der Waals surface area contributed by atoms with Gasteiger partial charge < -0.3 is 10.6 Å². The van der Waals surface area contributed by atoms with Gasteiger partial charge in [-0.3, -0.25) is 9.59 Å². The van der Waals surface area contributed by atoms with Crippen LogP contribution in [0.1, 0.15) is 90.9 Å². The van der Waals surface area contributed by atoms with Crippen molar-refractivity contribution >= 4 is 11.6 Å². The Kier molecular flexibility index (Phi) is 7.70. The molecule has 2 saturated carbocycles. The fraction of sp³-hybridized carbons (Fsp3) is 0.643. The Morgan fingerprint density at radius 3 is 1.34 bits per heavy atom. The number of nitrogens with one attached hydrogen (secondary N) is 2. The second kappa shape index (κ2) is 10.7. The normalized spacial score (nSPS) is 30.6. The van der Waals surface area contributed by atoms with Gasteiger partial charge >= 0.3 is 0 Å². The van der Waals surface area contributed by atoms with Crippen molar-refractivity contribution in [3.63, 3.8) is 0 Å². The van der Waals surface area contributed by atoms with Crippen molar-refractivity contribution < 1.29 is 9.59 Å². The van der Waals surface area contributed by atoms with E-state index in [4.69, 9.17) is 0 Å².